The first-order valence-corrected chi connectivity index (χ1v) is 8.68. The van der Waals surface area contributed by atoms with Gasteiger partial charge in [-0.25, -0.2) is 0 Å². The smallest absolute Gasteiger partial charge is 0.307 e. The second kappa shape index (κ2) is 7.59. The van der Waals surface area contributed by atoms with E-state index in [0.29, 0.717) is 42.9 Å². The van der Waals surface area contributed by atoms with Crippen molar-refractivity contribution >= 4 is 29.2 Å². The number of carbonyl (C=O) groups excluding carboxylic acids is 2. The molecule has 2 aliphatic rings. The van der Waals surface area contributed by atoms with Gasteiger partial charge in [-0.05, 0) is 37.5 Å². The molecule has 1 aromatic carbocycles. The molecule has 0 radical (unpaired) electrons. The molecule has 1 heterocycles. The minimum Gasteiger partial charge on any atom is -0.495 e. The van der Waals surface area contributed by atoms with Gasteiger partial charge in [-0.3, -0.25) is 14.4 Å². The number of ether oxygens (including phenoxy) is 1. The standard InChI is InChI=1S/C19H22N2O5/c1-26-16-9-8-12(11-15(16)21-10-4-7-17(21)22)20-18(23)13-5-2-3-6-14(13)19(24)25/h2-3,8-9,11,13-14H,4-7,10H2,1H3,(H,20,23)(H,24,25)/t13-,14+/m1/s1. The minimum absolute atomic E-state index is 0.0233. The topological polar surface area (TPSA) is 95.9 Å². The van der Waals surface area contributed by atoms with Crippen molar-refractivity contribution in [2.24, 2.45) is 11.8 Å². The lowest BCUT2D eigenvalue weighted by Gasteiger charge is -2.25. The zero-order valence-corrected chi connectivity index (χ0v) is 14.6. The molecule has 1 fully saturated rings. The Morgan fingerprint density at radius 3 is 2.58 bits per heavy atom. The quantitative estimate of drug-likeness (QED) is 0.788. The second-order valence-electron chi connectivity index (χ2n) is 6.52. The maximum Gasteiger partial charge on any atom is 0.307 e. The Morgan fingerprint density at radius 2 is 1.96 bits per heavy atom. The molecular formula is C19H22N2O5. The number of methoxy groups -OCH3 is 1. The van der Waals surface area contributed by atoms with Crippen molar-refractivity contribution in [2.45, 2.75) is 25.7 Å². The van der Waals surface area contributed by atoms with Gasteiger partial charge in [0.15, 0.2) is 0 Å². The van der Waals surface area contributed by atoms with Crippen LogP contribution in [-0.4, -0.2) is 36.5 Å². The van der Waals surface area contributed by atoms with Gasteiger partial charge in [0, 0.05) is 18.7 Å². The molecular weight excluding hydrogens is 336 g/mol. The zero-order chi connectivity index (χ0) is 18.7. The Balaban J connectivity index is 1.81. The third-order valence-electron chi connectivity index (χ3n) is 4.90. The third kappa shape index (κ3) is 3.56. The molecule has 1 aliphatic heterocycles. The van der Waals surface area contributed by atoms with Crippen LogP contribution in [0.5, 0.6) is 5.75 Å². The van der Waals surface area contributed by atoms with Gasteiger partial charge in [0.1, 0.15) is 5.75 Å². The van der Waals surface area contributed by atoms with Gasteiger partial charge in [0.25, 0.3) is 0 Å². The van der Waals surface area contributed by atoms with Crippen molar-refractivity contribution in [1.82, 2.24) is 0 Å². The number of carboxylic acids is 1. The summed E-state index contributed by atoms with van der Waals surface area (Å²) in [7, 11) is 1.53. The highest BCUT2D eigenvalue weighted by molar-refractivity contribution is 5.99. The van der Waals surface area contributed by atoms with E-state index in [2.05, 4.69) is 5.32 Å². The van der Waals surface area contributed by atoms with Crippen molar-refractivity contribution in [3.63, 3.8) is 0 Å². The summed E-state index contributed by atoms with van der Waals surface area (Å²) < 4.78 is 5.34. The fraction of sp³-hybridized carbons (Fsp3) is 0.421. The number of amides is 2. The van der Waals surface area contributed by atoms with Gasteiger partial charge in [-0.1, -0.05) is 12.2 Å². The van der Waals surface area contributed by atoms with Gasteiger partial charge in [-0.15, -0.1) is 0 Å². The van der Waals surface area contributed by atoms with Crippen LogP contribution < -0.4 is 15.0 Å². The van der Waals surface area contributed by atoms with Gasteiger partial charge in [0.05, 0.1) is 24.6 Å². The van der Waals surface area contributed by atoms with Crippen LogP contribution in [0.15, 0.2) is 30.4 Å². The van der Waals surface area contributed by atoms with Crippen LogP contribution in [0.1, 0.15) is 25.7 Å². The van der Waals surface area contributed by atoms with Crippen LogP contribution in [0.4, 0.5) is 11.4 Å². The average molecular weight is 358 g/mol. The summed E-state index contributed by atoms with van der Waals surface area (Å²) in [4.78, 5) is 37.7. The van der Waals surface area contributed by atoms with E-state index in [0.717, 1.165) is 6.42 Å². The van der Waals surface area contributed by atoms with E-state index in [1.807, 2.05) is 6.08 Å². The minimum atomic E-state index is -0.965. The van der Waals surface area contributed by atoms with Crippen molar-refractivity contribution in [2.75, 3.05) is 23.9 Å². The fourth-order valence-corrected chi connectivity index (χ4v) is 3.49. The van der Waals surface area contributed by atoms with Gasteiger partial charge in [0.2, 0.25) is 11.8 Å². The second-order valence-corrected chi connectivity index (χ2v) is 6.52. The Hall–Kier alpha value is -2.83. The number of hydrogen-bond acceptors (Lipinski definition) is 4. The van der Waals surface area contributed by atoms with E-state index < -0.39 is 17.8 Å². The monoisotopic (exact) mass is 358 g/mol. The molecule has 3 rings (SSSR count). The molecule has 0 aromatic heterocycles. The largest absolute Gasteiger partial charge is 0.495 e. The maximum atomic E-state index is 12.6. The van der Waals surface area contributed by atoms with Gasteiger partial charge < -0.3 is 20.1 Å². The van der Waals surface area contributed by atoms with E-state index in [-0.39, 0.29) is 11.8 Å². The first-order valence-electron chi connectivity index (χ1n) is 8.68. The molecule has 0 unspecified atom stereocenters. The van der Waals surface area contributed by atoms with Crippen LogP contribution in [-0.2, 0) is 14.4 Å². The lowest BCUT2D eigenvalue weighted by molar-refractivity contribution is -0.146. The van der Waals surface area contributed by atoms with E-state index in [1.165, 1.54) is 7.11 Å². The average Bonchev–Trinajstić information content (AvgIpc) is 3.07. The highest BCUT2D eigenvalue weighted by Gasteiger charge is 2.34. The van der Waals surface area contributed by atoms with Crippen molar-refractivity contribution in [3.05, 3.63) is 30.4 Å². The SMILES string of the molecule is COc1ccc(NC(=O)[C@@H]2CC=CC[C@@H]2C(=O)O)cc1N1CCCC1=O. The predicted octanol–water partition coefficient (Wildman–Crippen LogP) is 2.43. The third-order valence-corrected chi connectivity index (χ3v) is 4.90. The van der Waals surface area contributed by atoms with Crippen molar-refractivity contribution < 1.29 is 24.2 Å². The predicted molar refractivity (Wildman–Crippen MR) is 96.2 cm³/mol. The maximum absolute atomic E-state index is 12.6. The number of hydrogen-bond donors (Lipinski definition) is 2. The summed E-state index contributed by atoms with van der Waals surface area (Å²) >= 11 is 0. The Morgan fingerprint density at radius 1 is 1.23 bits per heavy atom. The van der Waals surface area contributed by atoms with E-state index in [4.69, 9.17) is 4.74 Å². The van der Waals surface area contributed by atoms with Crippen molar-refractivity contribution in [1.29, 1.82) is 0 Å². The van der Waals surface area contributed by atoms with Crippen LogP contribution in [0.2, 0.25) is 0 Å². The van der Waals surface area contributed by atoms with Gasteiger partial charge in [-0.2, -0.15) is 0 Å². The lowest BCUT2D eigenvalue weighted by Crippen LogP contribution is -2.34. The number of carbonyl (C=O) groups is 3. The number of aliphatic carboxylic acids is 1. The Bertz CT molecular complexity index is 758. The number of carboxylic acid groups (broad SMARTS) is 1. The summed E-state index contributed by atoms with van der Waals surface area (Å²) in [6, 6.07) is 5.09. The summed E-state index contributed by atoms with van der Waals surface area (Å²) in [5, 5.41) is 12.1. The molecule has 138 valence electrons. The highest BCUT2D eigenvalue weighted by Crippen LogP contribution is 2.35. The van der Waals surface area contributed by atoms with Crippen LogP contribution in [0.25, 0.3) is 0 Å². The van der Waals surface area contributed by atoms with Gasteiger partial charge >= 0.3 is 5.97 Å². The fourth-order valence-electron chi connectivity index (χ4n) is 3.49. The molecule has 0 saturated carbocycles. The molecule has 1 aliphatic carbocycles. The summed E-state index contributed by atoms with van der Waals surface area (Å²) in [6.07, 6.45) is 5.67. The molecule has 0 spiro atoms. The number of benzene rings is 1. The van der Waals surface area contributed by atoms with E-state index in [1.54, 1.807) is 29.2 Å². The number of nitrogens with zero attached hydrogens (tertiary/aromatic N) is 1. The number of anilines is 2. The molecule has 0 bridgehead atoms. The van der Waals surface area contributed by atoms with Crippen LogP contribution in [0, 0.1) is 11.8 Å². The molecule has 26 heavy (non-hydrogen) atoms. The van der Waals surface area contributed by atoms with Crippen LogP contribution >= 0.6 is 0 Å². The summed E-state index contributed by atoms with van der Waals surface area (Å²) in [6.45, 7) is 0.612. The number of rotatable bonds is 5. The zero-order valence-electron chi connectivity index (χ0n) is 14.6. The summed E-state index contributed by atoms with van der Waals surface area (Å²) in [5.41, 5.74) is 1.13. The normalized spacial score (nSPS) is 22.3. The first-order chi connectivity index (χ1) is 12.5. The van der Waals surface area contributed by atoms with Crippen molar-refractivity contribution in [3.8, 4) is 5.75 Å². The number of nitrogens with one attached hydrogen (secondary N) is 1. The first kappa shape index (κ1) is 18.0. The molecule has 2 atom stereocenters. The van der Waals surface area contributed by atoms with E-state index in [9.17, 15) is 19.5 Å². The Kier molecular flexibility index (Phi) is 5.25. The van der Waals surface area contributed by atoms with E-state index >= 15 is 0 Å². The van der Waals surface area contributed by atoms with Crippen LogP contribution in [0.3, 0.4) is 0 Å². The lowest BCUT2D eigenvalue weighted by atomic mass is 9.82. The molecule has 1 saturated heterocycles. The molecule has 2 amide bonds. The molecule has 7 nitrogen and oxygen atoms in total. The summed E-state index contributed by atoms with van der Waals surface area (Å²) in [5.74, 6) is -2.05. The number of allylic oxidation sites excluding steroid dienone is 2. The Labute approximate surface area is 151 Å². The molecule has 2 N–H and O–H groups in total. The molecule has 1 aromatic rings. The highest BCUT2D eigenvalue weighted by atomic mass is 16.5. The molecule has 7 heteroatoms.